The molecule has 2 aliphatic heterocycles. The number of rotatable bonds is 7. The van der Waals surface area contributed by atoms with Gasteiger partial charge in [-0.05, 0) is 25.1 Å². The summed E-state index contributed by atoms with van der Waals surface area (Å²) in [7, 11) is 1.28. The molecular weight excluding hydrogens is 592 g/mol. The van der Waals surface area contributed by atoms with E-state index in [4.69, 9.17) is 28.1 Å². The Bertz CT molecular complexity index is 1560. The van der Waals surface area contributed by atoms with Crippen molar-refractivity contribution in [1.29, 1.82) is 0 Å². The maximum absolute atomic E-state index is 13.8. The second-order valence-corrected chi connectivity index (χ2v) is 10.4. The molecule has 16 heteroatoms. The van der Waals surface area contributed by atoms with Gasteiger partial charge in [-0.3, -0.25) is 4.79 Å². The minimum absolute atomic E-state index is 0.0257. The highest BCUT2D eigenvalue weighted by atomic mass is 16.8. The topological polar surface area (TPSA) is 258 Å². The van der Waals surface area contributed by atoms with Crippen molar-refractivity contribution in [3.8, 4) is 40.1 Å². The fraction of sp³-hybridized carbons (Fsp3) is 0.464. The molecule has 1 aromatic heterocycles. The number of benzene rings is 2. The monoisotopic (exact) mass is 624 g/mol. The lowest BCUT2D eigenvalue weighted by atomic mass is 9.97. The summed E-state index contributed by atoms with van der Waals surface area (Å²) < 4.78 is 33.8. The summed E-state index contributed by atoms with van der Waals surface area (Å²) in [5.41, 5.74) is -1.15. The highest BCUT2D eigenvalue weighted by Crippen LogP contribution is 2.40. The molecule has 0 saturated carbocycles. The van der Waals surface area contributed by atoms with Gasteiger partial charge in [-0.25, -0.2) is 0 Å². The molecule has 0 aliphatic carbocycles. The van der Waals surface area contributed by atoms with Crippen LogP contribution in [-0.4, -0.2) is 121 Å². The Labute approximate surface area is 248 Å². The Kier molecular flexibility index (Phi) is 8.90. The minimum atomic E-state index is -1.89. The van der Waals surface area contributed by atoms with Crippen molar-refractivity contribution in [2.45, 2.75) is 68.3 Å². The second-order valence-electron chi connectivity index (χ2n) is 10.4. The molecule has 0 spiro atoms. The van der Waals surface area contributed by atoms with Crippen LogP contribution < -0.4 is 14.9 Å². The van der Waals surface area contributed by atoms with Crippen molar-refractivity contribution >= 4 is 11.0 Å². The molecule has 0 bridgehead atoms. The maximum Gasteiger partial charge on any atom is 0.239 e. The fourth-order valence-corrected chi connectivity index (χ4v) is 5.08. The lowest BCUT2D eigenvalue weighted by molar-refractivity contribution is -0.354. The number of fused-ring (bicyclic) bond motifs is 1. The van der Waals surface area contributed by atoms with Crippen LogP contribution in [-0.2, 0) is 14.2 Å². The van der Waals surface area contributed by atoms with Gasteiger partial charge in [0.15, 0.2) is 29.7 Å². The number of hydrogen-bond acceptors (Lipinski definition) is 16. The Morgan fingerprint density at radius 2 is 1.57 bits per heavy atom. The second kappa shape index (κ2) is 12.4. The van der Waals surface area contributed by atoms with Crippen molar-refractivity contribution in [1.82, 2.24) is 0 Å². The van der Waals surface area contributed by atoms with Crippen LogP contribution in [0.4, 0.5) is 0 Å². The van der Waals surface area contributed by atoms with Crippen molar-refractivity contribution < 1.29 is 74.1 Å². The molecule has 2 fully saturated rings. The highest BCUT2D eigenvalue weighted by Gasteiger charge is 2.51. The zero-order valence-corrected chi connectivity index (χ0v) is 23.3. The lowest BCUT2D eigenvalue weighted by Gasteiger charge is -2.45. The first kappa shape index (κ1) is 31.7. The third-order valence-electron chi connectivity index (χ3n) is 7.52. The van der Waals surface area contributed by atoms with Crippen LogP contribution >= 0.6 is 0 Å². The van der Waals surface area contributed by atoms with Crippen molar-refractivity contribution in [2.75, 3.05) is 13.7 Å². The molecule has 10 atom stereocenters. The van der Waals surface area contributed by atoms with Crippen molar-refractivity contribution in [2.24, 2.45) is 0 Å². The Balaban J connectivity index is 1.63. The zero-order valence-electron chi connectivity index (χ0n) is 23.3. The molecule has 3 heterocycles. The molecule has 3 aromatic rings. The number of aromatic hydroxyl groups is 3. The molecule has 3 unspecified atom stereocenters. The third-order valence-corrected chi connectivity index (χ3v) is 7.52. The first-order valence-corrected chi connectivity index (χ1v) is 13.4. The average molecular weight is 625 g/mol. The zero-order chi connectivity index (χ0) is 32.0. The highest BCUT2D eigenvalue weighted by molar-refractivity contribution is 5.88. The van der Waals surface area contributed by atoms with E-state index in [0.29, 0.717) is 0 Å². The number of aliphatic hydroxyl groups is 6. The fourth-order valence-electron chi connectivity index (χ4n) is 5.08. The van der Waals surface area contributed by atoms with Crippen LogP contribution in [0.25, 0.3) is 22.3 Å². The first-order valence-electron chi connectivity index (χ1n) is 13.4. The van der Waals surface area contributed by atoms with Crippen LogP contribution in [0.5, 0.6) is 28.7 Å². The van der Waals surface area contributed by atoms with Gasteiger partial charge in [-0.2, -0.15) is 0 Å². The molecule has 5 rings (SSSR count). The Morgan fingerprint density at radius 1 is 0.841 bits per heavy atom. The lowest BCUT2D eigenvalue weighted by Crippen LogP contribution is -2.64. The van der Waals surface area contributed by atoms with E-state index in [9.17, 15) is 50.8 Å². The molecule has 2 aliphatic rings. The van der Waals surface area contributed by atoms with Crippen LogP contribution in [0.3, 0.4) is 0 Å². The van der Waals surface area contributed by atoms with E-state index < -0.39 is 96.1 Å². The number of aliphatic hydroxyl groups excluding tert-OH is 6. The number of methoxy groups -OCH3 is 1. The molecular formula is C28H32O16. The number of hydrogen-bond donors (Lipinski definition) is 9. The predicted octanol–water partition coefficient (Wildman–Crippen LogP) is -1.38. The van der Waals surface area contributed by atoms with Gasteiger partial charge in [-0.1, -0.05) is 0 Å². The number of phenols is 3. The summed E-state index contributed by atoms with van der Waals surface area (Å²) in [6.45, 7) is 0.570. The minimum Gasteiger partial charge on any atom is -0.508 e. The van der Waals surface area contributed by atoms with Crippen LogP contribution in [0.2, 0.25) is 0 Å². The van der Waals surface area contributed by atoms with Crippen molar-refractivity contribution in [3.05, 3.63) is 40.6 Å². The van der Waals surface area contributed by atoms with E-state index in [1.807, 2.05) is 0 Å². The standard InChI is InChI=1S/C28H32O16/c1-9-18(33)21(36)23(38)27(40-9)44-26-22(37)19(34)16(8-29)42-28(26)43-25-20(35)17-13(32)6-11(30)7-15(17)41-24(25)10-3-4-12(31)14(5-10)39-2/h3-7,9,16,18-19,21-23,26-34,36-38H,8H2,1-2H3/t9-,16?,18-,19-,21+,22?,23+,26+,27?,28+/m1/s1. The van der Waals surface area contributed by atoms with Gasteiger partial charge in [0.2, 0.25) is 17.5 Å². The summed E-state index contributed by atoms with van der Waals surface area (Å²) in [5.74, 6) is -2.34. The van der Waals surface area contributed by atoms with E-state index in [1.54, 1.807) is 0 Å². The largest absolute Gasteiger partial charge is 0.508 e. The van der Waals surface area contributed by atoms with E-state index in [0.717, 1.165) is 12.1 Å². The number of ether oxygens (including phenoxy) is 5. The Morgan fingerprint density at radius 3 is 2.25 bits per heavy atom. The molecule has 2 aromatic carbocycles. The van der Waals surface area contributed by atoms with Crippen LogP contribution in [0.1, 0.15) is 6.92 Å². The molecule has 44 heavy (non-hydrogen) atoms. The maximum atomic E-state index is 13.8. The smallest absolute Gasteiger partial charge is 0.239 e. The van der Waals surface area contributed by atoms with Crippen LogP contribution in [0, 0.1) is 0 Å². The predicted molar refractivity (Wildman–Crippen MR) is 145 cm³/mol. The van der Waals surface area contributed by atoms with E-state index >= 15 is 0 Å². The summed E-state index contributed by atoms with van der Waals surface area (Å²) in [4.78, 5) is 13.8. The first-order chi connectivity index (χ1) is 20.9. The van der Waals surface area contributed by atoms with Gasteiger partial charge in [-0.15, -0.1) is 0 Å². The molecule has 0 amide bonds. The van der Waals surface area contributed by atoms with Crippen molar-refractivity contribution in [3.63, 3.8) is 0 Å². The van der Waals surface area contributed by atoms with Gasteiger partial charge in [0, 0.05) is 17.7 Å². The Hall–Kier alpha value is -3.71. The van der Waals surface area contributed by atoms with Gasteiger partial charge < -0.3 is 74.1 Å². The average Bonchev–Trinajstić information content (AvgIpc) is 2.99. The molecule has 0 radical (unpaired) electrons. The van der Waals surface area contributed by atoms with Gasteiger partial charge in [0.1, 0.15) is 59.1 Å². The van der Waals surface area contributed by atoms with E-state index in [1.165, 1.54) is 32.2 Å². The number of phenolic OH excluding ortho intramolecular Hbond substituents is 3. The summed E-state index contributed by atoms with van der Waals surface area (Å²) >= 11 is 0. The van der Waals surface area contributed by atoms with Gasteiger partial charge >= 0.3 is 0 Å². The normalized spacial score (nSPS) is 32.5. The third kappa shape index (κ3) is 5.63. The molecule has 16 nitrogen and oxygen atoms in total. The molecule has 2 saturated heterocycles. The van der Waals surface area contributed by atoms with Gasteiger partial charge in [0.25, 0.3) is 0 Å². The van der Waals surface area contributed by atoms with E-state index in [2.05, 4.69) is 0 Å². The quantitative estimate of drug-likeness (QED) is 0.147. The van der Waals surface area contributed by atoms with E-state index in [-0.39, 0.29) is 28.4 Å². The summed E-state index contributed by atoms with van der Waals surface area (Å²) in [5, 5.41) is 92.3. The van der Waals surface area contributed by atoms with Crippen LogP contribution in [0.15, 0.2) is 39.5 Å². The molecule has 9 N–H and O–H groups in total. The molecule has 240 valence electrons. The SMILES string of the molecule is COc1cc(-c2oc3cc(O)cc(O)c3c(=O)c2O[C@@H]2OC(CO)[C@@H](O)C(O)[C@@H]2OC2O[C@H](C)[C@@H](O)[C@H](O)[C@@H]2O)ccc1O. The van der Waals surface area contributed by atoms with Gasteiger partial charge in [0.05, 0.1) is 19.8 Å². The summed E-state index contributed by atoms with van der Waals surface area (Å²) in [6.07, 6.45) is -16.5. The summed E-state index contributed by atoms with van der Waals surface area (Å²) in [6, 6.07) is 5.81.